The van der Waals surface area contributed by atoms with Crippen LogP contribution in [0.3, 0.4) is 0 Å². The zero-order valence-corrected chi connectivity index (χ0v) is 15.9. The molecule has 2 aliphatic rings. The summed E-state index contributed by atoms with van der Waals surface area (Å²) in [4.78, 5) is 14.6. The molecule has 5 nitrogen and oxygen atoms in total. The minimum absolute atomic E-state index is 0.151. The van der Waals surface area contributed by atoms with Gasteiger partial charge in [0.1, 0.15) is 0 Å². The molecule has 4 rings (SSSR count). The fraction of sp³-hybridized carbons (Fsp3) is 0.500. The van der Waals surface area contributed by atoms with Crippen LogP contribution in [-0.4, -0.2) is 39.8 Å². The molecule has 0 aliphatic heterocycles. The van der Waals surface area contributed by atoms with Crippen molar-refractivity contribution in [2.24, 2.45) is 0 Å². The molecule has 1 aromatic heterocycles. The first-order valence-electron chi connectivity index (χ1n) is 8.77. The molecule has 1 amide bonds. The summed E-state index contributed by atoms with van der Waals surface area (Å²) in [6, 6.07) is 9.27. The molecule has 1 unspecified atom stereocenters. The van der Waals surface area contributed by atoms with E-state index in [9.17, 15) is 4.79 Å². The third-order valence-electron chi connectivity index (χ3n) is 4.83. The van der Waals surface area contributed by atoms with Gasteiger partial charge in [-0.15, -0.1) is 10.2 Å². The molecular weight excluding hydrogens is 352 g/mol. The Morgan fingerprint density at radius 1 is 1.32 bits per heavy atom. The summed E-state index contributed by atoms with van der Waals surface area (Å²) >= 11 is 3.02. The molecule has 1 aromatic carbocycles. The first kappa shape index (κ1) is 16.8. The molecule has 1 heterocycles. The molecule has 7 heteroatoms. The highest BCUT2D eigenvalue weighted by molar-refractivity contribution is 8.01. The van der Waals surface area contributed by atoms with Crippen LogP contribution in [0, 0.1) is 0 Å². The first-order chi connectivity index (χ1) is 12.2. The average Bonchev–Trinajstić information content (AvgIpc) is 3.35. The zero-order chi connectivity index (χ0) is 17.2. The normalized spacial score (nSPS) is 19.3. The van der Waals surface area contributed by atoms with E-state index in [4.69, 9.17) is 0 Å². The number of thioether (sulfide) groups is 1. The predicted molar refractivity (Wildman–Crippen MR) is 102 cm³/mol. The van der Waals surface area contributed by atoms with Gasteiger partial charge in [-0.3, -0.25) is 4.79 Å². The lowest BCUT2D eigenvalue weighted by atomic mass is 9.87. The van der Waals surface area contributed by atoms with Crippen molar-refractivity contribution in [2.75, 3.05) is 18.1 Å². The standard InChI is InChI=1S/C18H22N4OS2/c1-22(15-8-4-6-12-5-2-3-7-14(12)15)16(23)11-24-18-21-20-17(25-18)19-13-9-10-13/h2-3,5,7,13,15H,4,6,8-11H2,1H3,(H,19,20). The summed E-state index contributed by atoms with van der Waals surface area (Å²) in [6.07, 6.45) is 5.73. The highest BCUT2D eigenvalue weighted by Crippen LogP contribution is 2.34. The molecular formula is C18H22N4OS2. The first-order valence-corrected chi connectivity index (χ1v) is 10.6. The third-order valence-corrected chi connectivity index (χ3v) is 6.80. The fourth-order valence-corrected chi connectivity index (χ4v) is 5.01. The molecule has 1 N–H and O–H groups in total. The minimum atomic E-state index is 0.151. The zero-order valence-electron chi connectivity index (χ0n) is 14.3. The van der Waals surface area contributed by atoms with Gasteiger partial charge in [-0.2, -0.15) is 0 Å². The van der Waals surface area contributed by atoms with Crippen LogP contribution in [0.15, 0.2) is 28.6 Å². The molecule has 0 spiro atoms. The molecule has 1 atom stereocenters. The Morgan fingerprint density at radius 2 is 2.16 bits per heavy atom. The van der Waals surface area contributed by atoms with Gasteiger partial charge in [0.2, 0.25) is 11.0 Å². The molecule has 2 aliphatic carbocycles. The SMILES string of the molecule is CN(C(=O)CSc1nnc(NC2CC2)s1)C1CCCc2ccccc21. The number of fused-ring (bicyclic) bond motifs is 1. The van der Waals surface area contributed by atoms with Gasteiger partial charge in [-0.25, -0.2) is 0 Å². The molecule has 0 saturated heterocycles. The van der Waals surface area contributed by atoms with Crippen LogP contribution < -0.4 is 5.32 Å². The summed E-state index contributed by atoms with van der Waals surface area (Å²) < 4.78 is 0.856. The van der Waals surface area contributed by atoms with Gasteiger partial charge in [-0.1, -0.05) is 47.4 Å². The second-order valence-electron chi connectivity index (χ2n) is 6.69. The van der Waals surface area contributed by atoms with Crippen LogP contribution in [0.4, 0.5) is 5.13 Å². The molecule has 132 valence electrons. The van der Waals surface area contributed by atoms with Gasteiger partial charge in [-0.05, 0) is 43.2 Å². The largest absolute Gasteiger partial charge is 0.357 e. The Balaban J connectivity index is 1.35. The van der Waals surface area contributed by atoms with Gasteiger partial charge in [0, 0.05) is 13.1 Å². The van der Waals surface area contributed by atoms with Crippen molar-refractivity contribution in [3.05, 3.63) is 35.4 Å². The summed E-state index contributed by atoms with van der Waals surface area (Å²) in [6.45, 7) is 0. The number of hydrogen-bond donors (Lipinski definition) is 1. The smallest absolute Gasteiger partial charge is 0.233 e. The third kappa shape index (κ3) is 3.98. The van der Waals surface area contributed by atoms with Crippen LogP contribution in [0.25, 0.3) is 0 Å². The van der Waals surface area contributed by atoms with Crippen molar-refractivity contribution >= 4 is 34.1 Å². The Morgan fingerprint density at radius 3 is 3.00 bits per heavy atom. The predicted octanol–water partition coefficient (Wildman–Crippen LogP) is 3.74. The van der Waals surface area contributed by atoms with Gasteiger partial charge in [0.15, 0.2) is 4.34 Å². The van der Waals surface area contributed by atoms with E-state index < -0.39 is 0 Å². The highest BCUT2D eigenvalue weighted by atomic mass is 32.2. The van der Waals surface area contributed by atoms with Crippen LogP contribution in [0.1, 0.15) is 42.9 Å². The van der Waals surface area contributed by atoms with E-state index in [1.165, 1.54) is 47.1 Å². The second kappa shape index (κ2) is 7.33. The van der Waals surface area contributed by atoms with E-state index in [1.54, 1.807) is 0 Å². The Hall–Kier alpha value is -1.60. The molecule has 1 fully saturated rings. The number of benzene rings is 1. The van der Waals surface area contributed by atoms with Crippen LogP contribution in [0.5, 0.6) is 0 Å². The topological polar surface area (TPSA) is 58.1 Å². The van der Waals surface area contributed by atoms with Crippen molar-refractivity contribution in [3.63, 3.8) is 0 Å². The lowest BCUT2D eigenvalue weighted by molar-refractivity contribution is -0.129. The maximum absolute atomic E-state index is 12.7. The monoisotopic (exact) mass is 374 g/mol. The molecule has 2 aromatic rings. The van der Waals surface area contributed by atoms with Crippen LogP contribution in [-0.2, 0) is 11.2 Å². The molecule has 1 saturated carbocycles. The summed E-state index contributed by atoms with van der Waals surface area (Å²) in [7, 11) is 1.93. The fourth-order valence-electron chi connectivity index (χ4n) is 3.26. The van der Waals surface area contributed by atoms with E-state index >= 15 is 0 Å². The van der Waals surface area contributed by atoms with Gasteiger partial charge < -0.3 is 10.2 Å². The number of aromatic nitrogens is 2. The van der Waals surface area contributed by atoms with E-state index in [1.807, 2.05) is 11.9 Å². The van der Waals surface area contributed by atoms with Crippen LogP contribution >= 0.6 is 23.1 Å². The van der Waals surface area contributed by atoms with E-state index in [0.717, 1.165) is 28.7 Å². The number of rotatable bonds is 6. The lowest BCUT2D eigenvalue weighted by Gasteiger charge is -2.33. The summed E-state index contributed by atoms with van der Waals surface area (Å²) in [5.41, 5.74) is 2.69. The number of nitrogens with zero attached hydrogens (tertiary/aromatic N) is 3. The molecule has 0 radical (unpaired) electrons. The number of anilines is 1. The maximum Gasteiger partial charge on any atom is 0.233 e. The van der Waals surface area contributed by atoms with E-state index in [-0.39, 0.29) is 11.9 Å². The Labute approximate surface area is 156 Å². The Kier molecular flexibility index (Phi) is 4.94. The molecule has 25 heavy (non-hydrogen) atoms. The van der Waals surface area contributed by atoms with Crippen molar-refractivity contribution in [1.29, 1.82) is 0 Å². The van der Waals surface area contributed by atoms with E-state index in [0.29, 0.717) is 11.8 Å². The van der Waals surface area contributed by atoms with Gasteiger partial charge in [0.25, 0.3) is 0 Å². The number of hydrogen-bond acceptors (Lipinski definition) is 6. The lowest BCUT2D eigenvalue weighted by Crippen LogP contribution is -2.34. The number of carbonyl (C=O) groups is 1. The number of carbonyl (C=O) groups excluding carboxylic acids is 1. The van der Waals surface area contributed by atoms with Crippen LogP contribution in [0.2, 0.25) is 0 Å². The number of nitrogens with one attached hydrogen (secondary N) is 1. The Bertz CT molecular complexity index is 759. The number of aryl methyl sites for hydroxylation is 1. The van der Waals surface area contributed by atoms with E-state index in [2.05, 4.69) is 39.8 Å². The van der Waals surface area contributed by atoms with Gasteiger partial charge in [0.05, 0.1) is 11.8 Å². The average molecular weight is 375 g/mol. The summed E-state index contributed by atoms with van der Waals surface area (Å²) in [5, 5.41) is 12.5. The van der Waals surface area contributed by atoms with Crippen molar-refractivity contribution in [1.82, 2.24) is 15.1 Å². The quantitative estimate of drug-likeness (QED) is 0.781. The minimum Gasteiger partial charge on any atom is -0.357 e. The number of amides is 1. The maximum atomic E-state index is 12.7. The second-order valence-corrected chi connectivity index (χ2v) is 8.89. The molecule has 0 bridgehead atoms. The summed E-state index contributed by atoms with van der Waals surface area (Å²) in [5.74, 6) is 0.561. The highest BCUT2D eigenvalue weighted by Gasteiger charge is 2.27. The van der Waals surface area contributed by atoms with Crippen molar-refractivity contribution < 1.29 is 4.79 Å². The van der Waals surface area contributed by atoms with Crippen molar-refractivity contribution in [2.45, 2.75) is 48.5 Å². The van der Waals surface area contributed by atoms with Crippen molar-refractivity contribution in [3.8, 4) is 0 Å². The van der Waals surface area contributed by atoms with Gasteiger partial charge >= 0.3 is 0 Å².